The van der Waals surface area contributed by atoms with Crippen molar-refractivity contribution in [3.05, 3.63) is 0 Å². The third kappa shape index (κ3) is 3.36. The van der Waals surface area contributed by atoms with E-state index in [-0.39, 0.29) is 5.60 Å². The second kappa shape index (κ2) is 7.02. The minimum atomic E-state index is 0.283. The Morgan fingerprint density at radius 2 is 2.05 bits per heavy atom. The van der Waals surface area contributed by atoms with Gasteiger partial charge >= 0.3 is 0 Å². The van der Waals surface area contributed by atoms with Crippen molar-refractivity contribution in [2.24, 2.45) is 17.8 Å². The zero-order valence-corrected chi connectivity index (χ0v) is 13.9. The highest BCUT2D eigenvalue weighted by atomic mass is 32.2. The van der Waals surface area contributed by atoms with Gasteiger partial charge in [-0.15, -0.1) is 0 Å². The van der Waals surface area contributed by atoms with E-state index in [0.717, 1.165) is 24.4 Å². The van der Waals surface area contributed by atoms with Gasteiger partial charge < -0.3 is 10.1 Å². The highest BCUT2D eigenvalue weighted by Crippen LogP contribution is 2.48. The standard InChI is InChI=1S/C17H31NOS/c1-2-8-18-13-15-3-4-16(15)14-5-9-19-17(12-14)6-10-20-11-7-17/h14-16,18H,2-13H2,1H3. The highest BCUT2D eigenvalue weighted by Gasteiger charge is 2.44. The third-order valence-electron chi connectivity index (χ3n) is 5.85. The summed E-state index contributed by atoms with van der Waals surface area (Å²) >= 11 is 2.12. The molecule has 3 unspecified atom stereocenters. The lowest BCUT2D eigenvalue weighted by Gasteiger charge is -2.50. The van der Waals surface area contributed by atoms with Crippen molar-refractivity contribution in [2.45, 2.75) is 57.5 Å². The Morgan fingerprint density at radius 1 is 1.20 bits per heavy atom. The van der Waals surface area contributed by atoms with Gasteiger partial charge in [-0.3, -0.25) is 0 Å². The number of ether oxygens (including phenoxy) is 1. The minimum Gasteiger partial charge on any atom is -0.375 e. The number of rotatable bonds is 5. The predicted octanol–water partition coefficient (Wildman–Crippen LogP) is 3.70. The molecule has 3 rings (SSSR count). The number of nitrogens with one attached hydrogen (secondary N) is 1. The Morgan fingerprint density at radius 3 is 2.75 bits per heavy atom. The van der Waals surface area contributed by atoms with E-state index in [0.29, 0.717) is 0 Å². The van der Waals surface area contributed by atoms with E-state index in [4.69, 9.17) is 4.74 Å². The summed E-state index contributed by atoms with van der Waals surface area (Å²) in [6, 6.07) is 0. The summed E-state index contributed by atoms with van der Waals surface area (Å²) in [6.07, 6.45) is 9.50. The monoisotopic (exact) mass is 297 g/mol. The second-order valence-electron chi connectivity index (χ2n) is 7.10. The molecule has 116 valence electrons. The molecule has 1 N–H and O–H groups in total. The van der Waals surface area contributed by atoms with E-state index in [9.17, 15) is 0 Å². The van der Waals surface area contributed by atoms with Crippen LogP contribution in [0, 0.1) is 17.8 Å². The summed E-state index contributed by atoms with van der Waals surface area (Å²) < 4.78 is 6.26. The van der Waals surface area contributed by atoms with Gasteiger partial charge in [0.15, 0.2) is 0 Å². The molecule has 0 bridgehead atoms. The van der Waals surface area contributed by atoms with E-state index >= 15 is 0 Å². The fourth-order valence-corrected chi connectivity index (χ4v) is 5.69. The first kappa shape index (κ1) is 15.2. The summed E-state index contributed by atoms with van der Waals surface area (Å²) in [6.45, 7) is 5.74. The number of thioether (sulfide) groups is 1. The molecule has 2 saturated heterocycles. The van der Waals surface area contributed by atoms with Gasteiger partial charge in [-0.05, 0) is 87.3 Å². The summed E-state index contributed by atoms with van der Waals surface area (Å²) in [5.74, 6) is 5.54. The van der Waals surface area contributed by atoms with Crippen molar-refractivity contribution < 1.29 is 4.74 Å². The van der Waals surface area contributed by atoms with Gasteiger partial charge in [0.05, 0.1) is 5.60 Å². The zero-order valence-electron chi connectivity index (χ0n) is 13.0. The van der Waals surface area contributed by atoms with Gasteiger partial charge in [0.2, 0.25) is 0 Å². The third-order valence-corrected chi connectivity index (χ3v) is 6.84. The topological polar surface area (TPSA) is 21.3 Å². The van der Waals surface area contributed by atoms with Gasteiger partial charge in [-0.25, -0.2) is 0 Å². The van der Waals surface area contributed by atoms with Crippen LogP contribution >= 0.6 is 11.8 Å². The number of hydrogen-bond donors (Lipinski definition) is 1. The molecule has 1 aliphatic carbocycles. The van der Waals surface area contributed by atoms with E-state index in [2.05, 4.69) is 24.0 Å². The molecule has 0 aromatic carbocycles. The van der Waals surface area contributed by atoms with Crippen molar-refractivity contribution in [2.75, 3.05) is 31.2 Å². The van der Waals surface area contributed by atoms with Crippen LogP contribution < -0.4 is 5.32 Å². The van der Waals surface area contributed by atoms with Crippen molar-refractivity contribution in [1.82, 2.24) is 5.32 Å². The second-order valence-corrected chi connectivity index (χ2v) is 8.33. The van der Waals surface area contributed by atoms with Crippen LogP contribution in [0.2, 0.25) is 0 Å². The van der Waals surface area contributed by atoms with Gasteiger partial charge in [0.25, 0.3) is 0 Å². The maximum Gasteiger partial charge on any atom is 0.0701 e. The van der Waals surface area contributed by atoms with E-state index in [1.54, 1.807) is 0 Å². The number of hydrogen-bond acceptors (Lipinski definition) is 3. The van der Waals surface area contributed by atoms with Crippen LogP contribution in [0.4, 0.5) is 0 Å². The molecule has 2 nitrogen and oxygen atoms in total. The quantitative estimate of drug-likeness (QED) is 0.782. The van der Waals surface area contributed by atoms with Gasteiger partial charge in [0, 0.05) is 6.61 Å². The lowest BCUT2D eigenvalue weighted by Crippen LogP contribution is -2.48. The largest absolute Gasteiger partial charge is 0.375 e. The Kier molecular flexibility index (Phi) is 5.33. The van der Waals surface area contributed by atoms with Crippen LogP contribution in [0.3, 0.4) is 0 Å². The van der Waals surface area contributed by atoms with Gasteiger partial charge in [0.1, 0.15) is 0 Å². The lowest BCUT2D eigenvalue weighted by atomic mass is 9.62. The fraction of sp³-hybridized carbons (Fsp3) is 1.00. The van der Waals surface area contributed by atoms with Crippen molar-refractivity contribution in [3.8, 4) is 0 Å². The van der Waals surface area contributed by atoms with Crippen molar-refractivity contribution in [3.63, 3.8) is 0 Å². The van der Waals surface area contributed by atoms with E-state index < -0.39 is 0 Å². The summed E-state index contributed by atoms with van der Waals surface area (Å²) in [5.41, 5.74) is 0.283. The fourth-order valence-electron chi connectivity index (χ4n) is 4.46. The molecule has 3 heteroatoms. The predicted molar refractivity (Wildman–Crippen MR) is 87.3 cm³/mol. The molecule has 2 heterocycles. The molecule has 3 fully saturated rings. The van der Waals surface area contributed by atoms with Crippen molar-refractivity contribution >= 4 is 11.8 Å². The first-order chi connectivity index (χ1) is 9.83. The molecule has 0 aromatic heterocycles. The van der Waals surface area contributed by atoms with Gasteiger partial charge in [-0.1, -0.05) is 6.92 Å². The van der Waals surface area contributed by atoms with Crippen LogP contribution in [-0.2, 0) is 4.74 Å². The molecular weight excluding hydrogens is 266 g/mol. The van der Waals surface area contributed by atoms with E-state index in [1.165, 1.54) is 69.5 Å². The maximum absolute atomic E-state index is 6.26. The van der Waals surface area contributed by atoms with Crippen LogP contribution in [-0.4, -0.2) is 36.8 Å². The van der Waals surface area contributed by atoms with E-state index in [1.807, 2.05) is 0 Å². The molecule has 3 atom stereocenters. The Labute approximate surface area is 128 Å². The molecular formula is C17H31NOS. The normalized spacial score (nSPS) is 36.8. The first-order valence-corrected chi connectivity index (χ1v) is 9.91. The minimum absolute atomic E-state index is 0.283. The SMILES string of the molecule is CCCNCC1CCC1C1CCOC2(CCSCC2)C1. The average Bonchev–Trinajstić information content (AvgIpc) is 2.43. The molecule has 1 saturated carbocycles. The zero-order chi connectivity index (χ0) is 13.8. The smallest absolute Gasteiger partial charge is 0.0701 e. The summed E-state index contributed by atoms with van der Waals surface area (Å²) in [5, 5.41) is 3.64. The van der Waals surface area contributed by atoms with Crippen molar-refractivity contribution in [1.29, 1.82) is 0 Å². The lowest BCUT2D eigenvalue weighted by molar-refractivity contribution is -0.122. The Hall–Kier alpha value is 0.270. The Balaban J connectivity index is 1.51. The molecule has 3 aliphatic rings. The summed E-state index contributed by atoms with van der Waals surface area (Å²) in [4.78, 5) is 0. The van der Waals surface area contributed by atoms with Gasteiger partial charge in [-0.2, -0.15) is 11.8 Å². The van der Waals surface area contributed by atoms with Crippen LogP contribution in [0.5, 0.6) is 0 Å². The molecule has 20 heavy (non-hydrogen) atoms. The molecule has 0 amide bonds. The summed E-state index contributed by atoms with van der Waals surface area (Å²) in [7, 11) is 0. The van der Waals surface area contributed by atoms with Crippen LogP contribution in [0.25, 0.3) is 0 Å². The maximum atomic E-state index is 6.26. The van der Waals surface area contributed by atoms with Crippen LogP contribution in [0.15, 0.2) is 0 Å². The molecule has 2 aliphatic heterocycles. The molecule has 0 aromatic rings. The average molecular weight is 298 g/mol. The molecule has 1 spiro atoms. The Bertz CT molecular complexity index is 298. The first-order valence-electron chi connectivity index (χ1n) is 8.75. The highest BCUT2D eigenvalue weighted by molar-refractivity contribution is 7.99. The molecule has 0 radical (unpaired) electrons. The van der Waals surface area contributed by atoms with Crippen LogP contribution in [0.1, 0.15) is 51.9 Å².